The Balaban J connectivity index is 0.00000110. The number of fused-ring (bicyclic) bond motifs is 4. The second-order valence-corrected chi connectivity index (χ2v) is 17.3. The Kier molecular flexibility index (Phi) is 21.7. The number of carboxylic acids is 1. The Morgan fingerprint density at radius 2 is 1.06 bits per heavy atom. The van der Waals surface area contributed by atoms with Gasteiger partial charge in [-0.2, -0.15) is 0 Å². The Hall–Kier alpha value is -5.36. The number of hydrogen-bond acceptors (Lipinski definition) is 20. The normalized spacial score (nSPS) is 13.2. The van der Waals surface area contributed by atoms with Gasteiger partial charge in [0.1, 0.15) is 36.7 Å². The van der Waals surface area contributed by atoms with Crippen LogP contribution in [0.3, 0.4) is 0 Å². The molecular weight excluding hydrogens is 1200 g/mol. The van der Waals surface area contributed by atoms with E-state index in [0.29, 0.717) is 36.1 Å². The molecule has 414 valence electrons. The Morgan fingerprint density at radius 3 is 1.47 bits per heavy atom. The van der Waals surface area contributed by atoms with Crippen molar-refractivity contribution in [2.75, 3.05) is 4.86 Å². The van der Waals surface area contributed by atoms with E-state index in [2.05, 4.69) is 34.8 Å². The zero-order valence-electron chi connectivity index (χ0n) is 53.9. The van der Waals surface area contributed by atoms with Gasteiger partial charge in [0.25, 0.3) is 28.7 Å². The zero-order chi connectivity index (χ0) is 65.4. The van der Waals surface area contributed by atoms with Crippen molar-refractivity contribution >= 4 is 92.5 Å². The second-order valence-electron chi connectivity index (χ2n) is 17.3. The number of aliphatic imine (C=N–C) groups is 1. The van der Waals surface area contributed by atoms with Crippen LogP contribution in [0.5, 0.6) is 0 Å². The summed E-state index contributed by atoms with van der Waals surface area (Å²) in [6.07, 6.45) is 5.60. The number of aliphatic carboxylic acids is 1. The molecule has 0 unspecified atom stereocenters. The number of nitrogens with one attached hydrogen (secondary N) is 2. The number of ether oxygens (including phenoxy) is 2. The largest absolute Gasteiger partial charge is 1.00 e. The van der Waals surface area contributed by atoms with Crippen LogP contribution in [0, 0.1) is 0 Å². The number of aromatic amines is 2. The Morgan fingerprint density at radius 1 is 0.679 bits per heavy atom. The van der Waals surface area contributed by atoms with Crippen molar-refractivity contribution in [2.24, 2.45) is 47.1 Å². The average molecular weight is 1270 g/mol. The van der Waals surface area contributed by atoms with Crippen LogP contribution in [0.2, 0.25) is 0 Å². The van der Waals surface area contributed by atoms with Crippen LogP contribution in [0.25, 0.3) is 33.5 Å². The molecule has 0 amide bonds. The van der Waals surface area contributed by atoms with E-state index in [4.69, 9.17) is 37.0 Å². The summed E-state index contributed by atoms with van der Waals surface area (Å²) in [4.78, 5) is 158. The van der Waals surface area contributed by atoms with Crippen molar-refractivity contribution < 1.29 is 160 Å². The minimum Gasteiger partial charge on any atom is -1.00 e. The maximum atomic E-state index is 12.3. The zero-order valence-corrected chi connectivity index (χ0v) is 52.3. The first-order valence-corrected chi connectivity index (χ1v) is 22.3. The maximum absolute atomic E-state index is 12.3. The number of esters is 2. The molecule has 3 N–H and O–H groups in total. The Bertz CT molecular complexity index is 4210. The molecule has 0 bridgehead atoms. The van der Waals surface area contributed by atoms with Gasteiger partial charge < -0.3 is 39.9 Å². The number of carboxylic acid groups (broad SMARTS) is 1. The quantitative estimate of drug-likeness (QED) is 0.0254. The van der Waals surface area contributed by atoms with Crippen LogP contribution in [0.4, 0.5) is 5.82 Å². The van der Waals surface area contributed by atoms with Gasteiger partial charge in [0.15, 0.2) is 33.5 Å². The number of H-pyrrole nitrogens is 2. The van der Waals surface area contributed by atoms with Crippen LogP contribution < -0.4 is 153 Å². The minimum absolute atomic E-state index is 0. The van der Waals surface area contributed by atoms with Crippen LogP contribution in [0.1, 0.15) is 60.9 Å². The van der Waals surface area contributed by atoms with E-state index < -0.39 is 93.9 Å². The van der Waals surface area contributed by atoms with Gasteiger partial charge in [-0.1, -0.05) is 22.6 Å². The smallest absolute Gasteiger partial charge is 1.00 e. The molecule has 0 saturated heterocycles. The van der Waals surface area contributed by atoms with Crippen LogP contribution >= 0.6 is 22.6 Å². The van der Waals surface area contributed by atoms with Gasteiger partial charge in [0, 0.05) is 67.1 Å². The van der Waals surface area contributed by atoms with Crippen LogP contribution in [-0.2, 0) is 102 Å². The average Bonchev–Trinajstić information content (AvgIpc) is 3.00. The van der Waals surface area contributed by atoms with Gasteiger partial charge in [-0.15, -0.1) is 0 Å². The molecule has 0 atom stereocenters. The van der Waals surface area contributed by atoms with Gasteiger partial charge in [0.2, 0.25) is 0 Å². The first kappa shape index (κ1) is 55.9. The molecule has 7 aromatic heterocycles. The molecule has 7 aromatic rings. The summed E-state index contributed by atoms with van der Waals surface area (Å²) in [7, 11) is 5.08. The topological polar surface area (TPSA) is 403 Å². The molecule has 0 radical (unpaired) electrons. The summed E-state index contributed by atoms with van der Waals surface area (Å²) < 4.78 is 81.2. The van der Waals surface area contributed by atoms with Crippen LogP contribution in [-0.4, -0.2) is 118 Å². The minimum atomic E-state index is -2.83. The predicted octanol–water partition coefficient (Wildman–Crippen LogP) is -9.00. The first-order chi connectivity index (χ1) is 38.8. The fraction of sp³-hybridized carbons (Fsp3) is 0.442. The number of rotatable bonds is 7. The van der Waals surface area contributed by atoms with Crippen molar-refractivity contribution in [3.63, 3.8) is 0 Å². The molecular formula is C43H56IK2N15O17. The van der Waals surface area contributed by atoms with E-state index >= 15 is 0 Å². The molecule has 0 saturated carbocycles. The van der Waals surface area contributed by atoms with E-state index in [-0.39, 0.29) is 163 Å². The van der Waals surface area contributed by atoms with E-state index in [9.17, 15) is 52.7 Å². The van der Waals surface area contributed by atoms with Crippen molar-refractivity contribution in [3.05, 3.63) is 108 Å². The third kappa shape index (κ3) is 17.8. The number of halogens is 1. The molecule has 1 aliphatic heterocycles. The van der Waals surface area contributed by atoms with E-state index in [0.717, 1.165) is 40.5 Å². The number of nitrogens with zero attached hydrogens (tertiary/aromatic N) is 13. The first-order valence-electron chi connectivity index (χ1n) is 25.7. The fourth-order valence-electron chi connectivity index (χ4n) is 6.32. The molecule has 0 aliphatic carbocycles. The van der Waals surface area contributed by atoms with Crippen molar-refractivity contribution in [3.8, 4) is 0 Å². The summed E-state index contributed by atoms with van der Waals surface area (Å²) in [5.41, 5.74) is -6.81. The molecule has 35 heteroatoms. The standard InChI is InChI=1S/C13H18N4O4.C12H16N4O4.C9H10N4O4.C7H7N3O2.CH3I.CH2O3.2K.H/c1-13(2,3)21-8(18)6-17-7-14-10-9(17)11(19)16(5)12(20)15(10)4;1-12(2,3)20-7(17)5-16-6-13-9-8(16)10(18)15(4)11(19)14-9;1-11-7-6(8(16)12(2)9(11)17)13(4-10-7)3-5(14)15;1-10-6(11)4-2-3-8-5(4)9-7(10)12;1-2;2-1-4-3;;;/h7H,6H2,1-5H3;6H,5H2,1-4H3,(H,14,19);4H,3H2,1-2H3,(H,14,15);3H,2H2,1H3,(H,9,12);1H3;1,3H;;;/q;;;;;;2*+1;-1/p-1/i4D3;;1D3;;1D3;;;;. The monoisotopic (exact) mass is 1270 g/mol. The third-order valence-corrected chi connectivity index (χ3v) is 9.58. The van der Waals surface area contributed by atoms with Gasteiger partial charge in [-0.3, -0.25) is 75.7 Å². The van der Waals surface area contributed by atoms with Gasteiger partial charge in [-0.25, -0.2) is 39.1 Å². The van der Waals surface area contributed by atoms with Gasteiger partial charge >= 0.3 is 143 Å². The SMILES string of the molecule is Cn1c(=O)[nH]c2c(c1=O)CC=N2.Cn1c(=O)[nH]c2ncn(CC(=O)OC(C)(C)C)c2c1=O.O=CO[O-].[2H]C([2H])([2H])I.[2H]C([2H])([2H])n1c(=O)n(C)c(=O)c2c1ncn2CC(=O)O.[2H]C([2H])([2H])n1c(=O)n(C)c(=O)c2c1ncn2CC(=O)OC(C)(C)C.[H-].[K+].[K+]. The molecule has 8 rings (SSSR count). The molecule has 8 heterocycles. The molecule has 1 aliphatic rings. The number of carbonyl (C=O) groups is 4. The maximum Gasteiger partial charge on any atom is 1.00 e. The Labute approximate surface area is 551 Å². The number of aromatic nitrogens is 14. The third-order valence-electron chi connectivity index (χ3n) is 9.58. The predicted molar refractivity (Wildman–Crippen MR) is 278 cm³/mol. The number of imidazole rings is 3. The van der Waals surface area contributed by atoms with Gasteiger partial charge in [-0.05, 0) is 46.4 Å². The molecule has 0 aromatic carbocycles. The van der Waals surface area contributed by atoms with Crippen LogP contribution in [0.15, 0.2) is 62.3 Å². The number of aryl methyl sites for hydroxylation is 2. The van der Waals surface area contributed by atoms with Gasteiger partial charge in [0.05, 0.1) is 24.5 Å². The number of alkyl halides is 1. The molecule has 0 fully saturated rings. The van der Waals surface area contributed by atoms with Crippen molar-refractivity contribution in [2.45, 2.75) is 78.8 Å². The summed E-state index contributed by atoms with van der Waals surface area (Å²) in [6, 6.07) is 0. The summed E-state index contributed by atoms with van der Waals surface area (Å²) in [5.74, 6) is -1.92. The fourth-order valence-corrected chi connectivity index (χ4v) is 6.32. The van der Waals surface area contributed by atoms with E-state index in [1.807, 2.05) is 0 Å². The summed E-state index contributed by atoms with van der Waals surface area (Å²) >= 11 is 1.38. The van der Waals surface area contributed by atoms with Crippen molar-refractivity contribution in [1.82, 2.24) is 66.0 Å². The molecule has 0 spiro atoms. The van der Waals surface area contributed by atoms with Crippen molar-refractivity contribution in [1.29, 1.82) is 0 Å². The van der Waals surface area contributed by atoms with E-state index in [1.54, 1.807) is 47.8 Å². The number of carbonyl (C=O) groups excluding carboxylic acids is 3. The van der Waals surface area contributed by atoms with E-state index in [1.165, 1.54) is 52.1 Å². The molecule has 32 nitrogen and oxygen atoms in total. The summed E-state index contributed by atoms with van der Waals surface area (Å²) in [6.45, 7) is 3.50. The number of hydrogen-bond donors (Lipinski definition) is 3. The molecule has 78 heavy (non-hydrogen) atoms. The second kappa shape index (κ2) is 30.3. The summed E-state index contributed by atoms with van der Waals surface area (Å²) in [5, 5.41) is 17.2.